The summed E-state index contributed by atoms with van der Waals surface area (Å²) in [5.74, 6) is -0.830. The number of hydrogen-bond acceptors (Lipinski definition) is 6. The number of rotatable bonds is 2. The summed E-state index contributed by atoms with van der Waals surface area (Å²) in [6, 6.07) is 5.53. The Morgan fingerprint density at radius 3 is 2.71 bits per heavy atom. The second-order valence-electron chi connectivity index (χ2n) is 4.27. The van der Waals surface area contributed by atoms with E-state index in [4.69, 9.17) is 4.74 Å². The zero-order valence-corrected chi connectivity index (χ0v) is 11.3. The number of nitrogens with zero attached hydrogens (tertiary/aromatic N) is 3. The number of carbonyl (C=O) groups excluding carboxylic acids is 2. The predicted molar refractivity (Wildman–Crippen MR) is 70.7 cm³/mol. The van der Waals surface area contributed by atoms with Gasteiger partial charge in [-0.05, 0) is 0 Å². The van der Waals surface area contributed by atoms with E-state index in [2.05, 4.69) is 10.4 Å². The van der Waals surface area contributed by atoms with Crippen LogP contribution in [0.3, 0.4) is 0 Å². The second-order valence-corrected chi connectivity index (χ2v) is 4.27. The predicted octanol–water partition coefficient (Wildman–Crippen LogP) is 0.879. The number of amidine groups is 1. The van der Waals surface area contributed by atoms with Crippen LogP contribution in [0.2, 0.25) is 0 Å². The van der Waals surface area contributed by atoms with Crippen LogP contribution >= 0.6 is 0 Å². The average molecular weight is 292 g/mol. The fourth-order valence-electron chi connectivity index (χ4n) is 1.77. The second kappa shape index (κ2) is 5.57. The van der Waals surface area contributed by atoms with E-state index >= 15 is 0 Å². The summed E-state index contributed by atoms with van der Waals surface area (Å²) < 4.78 is 5.37. The van der Waals surface area contributed by atoms with Crippen LogP contribution in [0.4, 0.5) is 5.69 Å². The number of non-ortho nitro benzene ring substituents is 1. The van der Waals surface area contributed by atoms with Crippen LogP contribution < -0.4 is 5.32 Å². The van der Waals surface area contributed by atoms with Crippen molar-refractivity contribution in [3.8, 4) is 0 Å². The van der Waals surface area contributed by atoms with E-state index < -0.39 is 23.0 Å². The molecule has 2 rings (SSSR count). The molecule has 1 N–H and O–H groups in total. The summed E-state index contributed by atoms with van der Waals surface area (Å²) in [6.45, 7) is 2.54. The standard InChI is InChI=1S/C12H12N4O5/c1-7(17)13-12-14-15(8(2)18)11(21-12)9-4-3-5-10(6-9)16(19)20/h3-6,11H,1-2H3,(H,13,14,17). The lowest BCUT2D eigenvalue weighted by molar-refractivity contribution is -0.385. The van der Waals surface area contributed by atoms with Crippen molar-refractivity contribution in [2.75, 3.05) is 0 Å². The van der Waals surface area contributed by atoms with Crippen LogP contribution in [0, 0.1) is 10.1 Å². The number of hydrogen-bond donors (Lipinski definition) is 1. The molecule has 0 spiro atoms. The van der Waals surface area contributed by atoms with Crippen LogP contribution in [0.25, 0.3) is 0 Å². The van der Waals surface area contributed by atoms with E-state index in [1.807, 2.05) is 0 Å². The summed E-state index contributed by atoms with van der Waals surface area (Å²) in [6.07, 6.45) is -0.954. The minimum Gasteiger partial charge on any atom is -0.433 e. The molecule has 1 aliphatic heterocycles. The third kappa shape index (κ3) is 3.14. The van der Waals surface area contributed by atoms with Gasteiger partial charge in [0.1, 0.15) is 0 Å². The summed E-state index contributed by atoms with van der Waals surface area (Å²) in [4.78, 5) is 32.8. The molecule has 0 aliphatic carbocycles. The maximum Gasteiger partial charge on any atom is 0.316 e. The highest BCUT2D eigenvalue weighted by molar-refractivity contribution is 5.94. The Bertz CT molecular complexity index is 642. The molecular weight excluding hydrogens is 280 g/mol. The number of benzene rings is 1. The number of nitro groups is 1. The lowest BCUT2D eigenvalue weighted by atomic mass is 10.1. The largest absolute Gasteiger partial charge is 0.433 e. The van der Waals surface area contributed by atoms with Crippen molar-refractivity contribution in [1.29, 1.82) is 0 Å². The first-order valence-electron chi connectivity index (χ1n) is 5.95. The molecule has 1 unspecified atom stereocenters. The number of ether oxygens (including phenoxy) is 1. The van der Waals surface area contributed by atoms with Gasteiger partial charge in [0.15, 0.2) is 0 Å². The highest BCUT2D eigenvalue weighted by Gasteiger charge is 2.33. The van der Waals surface area contributed by atoms with E-state index in [1.54, 1.807) is 6.07 Å². The Balaban J connectivity index is 2.31. The fraction of sp³-hybridized carbons (Fsp3) is 0.250. The van der Waals surface area contributed by atoms with Crippen molar-refractivity contribution in [3.63, 3.8) is 0 Å². The summed E-state index contributed by atoms with van der Waals surface area (Å²) in [7, 11) is 0. The molecule has 21 heavy (non-hydrogen) atoms. The number of hydrazone groups is 1. The van der Waals surface area contributed by atoms with Gasteiger partial charge in [0, 0.05) is 31.5 Å². The molecule has 0 bridgehead atoms. The van der Waals surface area contributed by atoms with E-state index in [-0.39, 0.29) is 11.7 Å². The van der Waals surface area contributed by atoms with Gasteiger partial charge in [-0.1, -0.05) is 12.1 Å². The van der Waals surface area contributed by atoms with Crippen molar-refractivity contribution < 1.29 is 19.2 Å². The van der Waals surface area contributed by atoms with Crippen LogP contribution in [-0.4, -0.2) is 27.8 Å². The van der Waals surface area contributed by atoms with E-state index in [1.165, 1.54) is 32.0 Å². The third-order valence-corrected chi connectivity index (χ3v) is 2.62. The molecule has 1 atom stereocenters. The number of amides is 2. The van der Waals surface area contributed by atoms with Crippen LogP contribution in [-0.2, 0) is 14.3 Å². The van der Waals surface area contributed by atoms with Crippen molar-refractivity contribution in [3.05, 3.63) is 39.9 Å². The first-order valence-corrected chi connectivity index (χ1v) is 5.95. The molecule has 9 heteroatoms. The Hall–Kier alpha value is -2.97. The number of nitro benzene ring substituents is 1. The Labute approximate surface area is 119 Å². The maximum absolute atomic E-state index is 11.6. The van der Waals surface area contributed by atoms with Gasteiger partial charge in [-0.15, -0.1) is 5.10 Å². The minimum absolute atomic E-state index is 0.130. The fourth-order valence-corrected chi connectivity index (χ4v) is 1.77. The lowest BCUT2D eigenvalue weighted by Gasteiger charge is -2.18. The van der Waals surface area contributed by atoms with Crippen molar-refractivity contribution >= 4 is 23.5 Å². The minimum atomic E-state index is -0.954. The molecule has 2 amide bonds. The lowest BCUT2D eigenvalue weighted by Crippen LogP contribution is -2.28. The van der Waals surface area contributed by atoms with Gasteiger partial charge >= 0.3 is 6.02 Å². The smallest absolute Gasteiger partial charge is 0.316 e. The summed E-state index contributed by atoms with van der Waals surface area (Å²) >= 11 is 0. The molecule has 0 radical (unpaired) electrons. The third-order valence-electron chi connectivity index (χ3n) is 2.62. The van der Waals surface area contributed by atoms with Crippen LogP contribution in [0.1, 0.15) is 25.6 Å². The van der Waals surface area contributed by atoms with Gasteiger partial charge in [-0.2, -0.15) is 5.01 Å². The van der Waals surface area contributed by atoms with Crippen LogP contribution in [0.15, 0.2) is 29.4 Å². The van der Waals surface area contributed by atoms with Crippen molar-refractivity contribution in [1.82, 2.24) is 10.3 Å². The van der Waals surface area contributed by atoms with Crippen LogP contribution in [0.5, 0.6) is 0 Å². The van der Waals surface area contributed by atoms with E-state index in [0.717, 1.165) is 5.01 Å². The monoisotopic (exact) mass is 292 g/mol. The quantitative estimate of drug-likeness (QED) is 0.642. The van der Waals surface area contributed by atoms with Gasteiger partial charge in [0.05, 0.1) is 4.92 Å². The topological polar surface area (TPSA) is 114 Å². The molecule has 9 nitrogen and oxygen atoms in total. The SMILES string of the molecule is CC(=O)NC1=NN(C(C)=O)C(c2cccc([N+](=O)[O-])c2)O1. The van der Waals surface area contributed by atoms with Gasteiger partial charge < -0.3 is 4.74 Å². The number of nitrogens with one attached hydrogen (secondary N) is 1. The zero-order valence-electron chi connectivity index (χ0n) is 11.3. The van der Waals surface area contributed by atoms with Gasteiger partial charge in [0.2, 0.25) is 18.0 Å². The van der Waals surface area contributed by atoms with E-state index in [0.29, 0.717) is 5.56 Å². The first kappa shape index (κ1) is 14.4. The zero-order chi connectivity index (χ0) is 15.6. The molecule has 0 fully saturated rings. The normalized spacial score (nSPS) is 17.0. The Kier molecular flexibility index (Phi) is 3.83. The highest BCUT2D eigenvalue weighted by Crippen LogP contribution is 2.29. The van der Waals surface area contributed by atoms with E-state index in [9.17, 15) is 19.7 Å². The average Bonchev–Trinajstić information content (AvgIpc) is 2.82. The summed E-state index contributed by atoms with van der Waals surface area (Å²) in [5.41, 5.74) is 0.246. The van der Waals surface area contributed by atoms with Gasteiger partial charge in [-0.25, -0.2) is 0 Å². The highest BCUT2D eigenvalue weighted by atomic mass is 16.6. The molecule has 0 aromatic heterocycles. The van der Waals surface area contributed by atoms with Gasteiger partial charge in [0.25, 0.3) is 5.69 Å². The summed E-state index contributed by atoms with van der Waals surface area (Å²) in [5, 5.41) is 18.0. The molecule has 1 aromatic rings. The molecule has 0 saturated carbocycles. The number of carbonyl (C=O) groups is 2. The molecule has 110 valence electrons. The molecule has 0 saturated heterocycles. The molecule has 1 heterocycles. The molecule has 1 aromatic carbocycles. The Morgan fingerprint density at radius 2 is 2.14 bits per heavy atom. The van der Waals surface area contributed by atoms with Crippen molar-refractivity contribution in [2.24, 2.45) is 5.10 Å². The maximum atomic E-state index is 11.6. The first-order chi connectivity index (χ1) is 9.88. The Morgan fingerprint density at radius 1 is 1.43 bits per heavy atom. The van der Waals surface area contributed by atoms with Gasteiger partial charge in [-0.3, -0.25) is 25.0 Å². The molecular formula is C12H12N4O5. The molecule has 1 aliphatic rings. The van der Waals surface area contributed by atoms with Crippen molar-refractivity contribution in [2.45, 2.75) is 20.1 Å².